The van der Waals surface area contributed by atoms with Gasteiger partial charge in [0, 0.05) is 26.7 Å². The van der Waals surface area contributed by atoms with Gasteiger partial charge in [-0.3, -0.25) is 9.69 Å². The summed E-state index contributed by atoms with van der Waals surface area (Å²) in [7, 11) is 1.83. The van der Waals surface area contributed by atoms with Gasteiger partial charge < -0.3 is 10.0 Å². The van der Waals surface area contributed by atoms with Crippen LogP contribution in [0, 0.1) is 0 Å². The zero-order valence-corrected chi connectivity index (χ0v) is 11.9. The molecule has 0 aliphatic heterocycles. The number of aliphatic hydroxyl groups excluding tert-OH is 1. The summed E-state index contributed by atoms with van der Waals surface area (Å²) in [5.41, 5.74) is 1.18. The summed E-state index contributed by atoms with van der Waals surface area (Å²) in [5.74, 6) is 0.126. The van der Waals surface area contributed by atoms with Gasteiger partial charge in [0.1, 0.15) is 0 Å². The van der Waals surface area contributed by atoms with Crippen molar-refractivity contribution in [2.45, 2.75) is 19.9 Å². The van der Waals surface area contributed by atoms with E-state index in [1.165, 1.54) is 5.56 Å². The Bertz CT molecular complexity index is 341. The minimum absolute atomic E-state index is 0.126. The summed E-state index contributed by atoms with van der Waals surface area (Å²) in [6.45, 7) is 4.90. The molecular weight excluding hydrogens is 248 g/mol. The van der Waals surface area contributed by atoms with Crippen LogP contribution in [0.25, 0.3) is 0 Å². The molecular formula is C13H22N2O2S. The molecule has 102 valence electrons. The lowest BCUT2D eigenvalue weighted by atomic mass is 10.3. The molecule has 0 radical (unpaired) electrons. The van der Waals surface area contributed by atoms with Crippen LogP contribution in [-0.4, -0.2) is 54.1 Å². The highest BCUT2D eigenvalue weighted by Crippen LogP contribution is 2.08. The van der Waals surface area contributed by atoms with E-state index < -0.39 is 0 Å². The van der Waals surface area contributed by atoms with E-state index >= 15 is 0 Å². The van der Waals surface area contributed by atoms with Crippen molar-refractivity contribution in [3.05, 3.63) is 22.4 Å². The lowest BCUT2D eigenvalue weighted by molar-refractivity contribution is -0.131. The number of aliphatic hydroxyl groups is 1. The van der Waals surface area contributed by atoms with Crippen molar-refractivity contribution in [2.24, 2.45) is 0 Å². The molecule has 0 bridgehead atoms. The second-order valence-corrected chi connectivity index (χ2v) is 5.11. The highest BCUT2D eigenvalue weighted by Gasteiger charge is 2.13. The molecule has 4 nitrogen and oxygen atoms in total. The van der Waals surface area contributed by atoms with Crippen LogP contribution in [0.15, 0.2) is 16.8 Å². The predicted octanol–water partition coefficient (Wildman–Crippen LogP) is 1.41. The fourth-order valence-corrected chi connectivity index (χ4v) is 2.36. The summed E-state index contributed by atoms with van der Waals surface area (Å²) < 4.78 is 0. The standard InChI is InChI=1S/C13H22N2O2S/c1-3-15(6-4-7-16)10-13(17)14(2)9-12-5-8-18-11-12/h5,8,11,16H,3-4,6-7,9-10H2,1-2H3. The van der Waals surface area contributed by atoms with Gasteiger partial charge in [-0.1, -0.05) is 6.92 Å². The Morgan fingerprint density at radius 2 is 2.28 bits per heavy atom. The maximum Gasteiger partial charge on any atom is 0.236 e. The fourth-order valence-electron chi connectivity index (χ4n) is 1.70. The first-order valence-electron chi connectivity index (χ1n) is 6.25. The molecule has 0 aliphatic rings. The quantitative estimate of drug-likeness (QED) is 0.777. The van der Waals surface area contributed by atoms with Crippen LogP contribution in [0.2, 0.25) is 0 Å². The van der Waals surface area contributed by atoms with Crippen LogP contribution in [0.1, 0.15) is 18.9 Å². The van der Waals surface area contributed by atoms with Gasteiger partial charge in [0.05, 0.1) is 6.54 Å². The average molecular weight is 270 g/mol. The largest absolute Gasteiger partial charge is 0.396 e. The highest BCUT2D eigenvalue weighted by molar-refractivity contribution is 7.07. The van der Waals surface area contributed by atoms with Gasteiger partial charge >= 0.3 is 0 Å². The van der Waals surface area contributed by atoms with E-state index in [2.05, 4.69) is 10.3 Å². The summed E-state index contributed by atoms with van der Waals surface area (Å²) in [6, 6.07) is 2.04. The topological polar surface area (TPSA) is 43.8 Å². The maximum atomic E-state index is 12.0. The molecule has 5 heteroatoms. The van der Waals surface area contributed by atoms with Crippen LogP contribution in [0.3, 0.4) is 0 Å². The maximum absolute atomic E-state index is 12.0. The first-order valence-corrected chi connectivity index (χ1v) is 7.20. The molecule has 0 aromatic carbocycles. The average Bonchev–Trinajstić information content (AvgIpc) is 2.86. The molecule has 1 aromatic rings. The Morgan fingerprint density at radius 1 is 1.50 bits per heavy atom. The Balaban J connectivity index is 2.38. The third-order valence-electron chi connectivity index (χ3n) is 2.86. The zero-order valence-electron chi connectivity index (χ0n) is 11.1. The molecule has 1 aromatic heterocycles. The van der Waals surface area contributed by atoms with E-state index in [0.29, 0.717) is 13.1 Å². The zero-order chi connectivity index (χ0) is 13.4. The van der Waals surface area contributed by atoms with Gasteiger partial charge in [0.25, 0.3) is 0 Å². The van der Waals surface area contributed by atoms with Crippen molar-refractivity contribution < 1.29 is 9.90 Å². The molecule has 0 aliphatic carbocycles. The predicted molar refractivity (Wildman–Crippen MR) is 74.6 cm³/mol. The molecule has 0 saturated carbocycles. The molecule has 0 unspecified atom stereocenters. The highest BCUT2D eigenvalue weighted by atomic mass is 32.1. The first-order chi connectivity index (χ1) is 8.67. The summed E-state index contributed by atoms with van der Waals surface area (Å²) in [4.78, 5) is 15.8. The second kappa shape index (κ2) is 8.24. The normalized spacial score (nSPS) is 10.9. The number of carbonyl (C=O) groups excluding carboxylic acids is 1. The minimum atomic E-state index is 0.126. The van der Waals surface area contributed by atoms with E-state index in [1.54, 1.807) is 16.2 Å². The van der Waals surface area contributed by atoms with Gasteiger partial charge in [0.2, 0.25) is 5.91 Å². The Kier molecular flexibility index (Phi) is 6.93. The molecule has 1 N–H and O–H groups in total. The van der Waals surface area contributed by atoms with Crippen LogP contribution in [-0.2, 0) is 11.3 Å². The molecule has 1 heterocycles. The van der Waals surface area contributed by atoms with Crippen molar-refractivity contribution in [3.63, 3.8) is 0 Å². The smallest absolute Gasteiger partial charge is 0.236 e. The summed E-state index contributed by atoms with van der Waals surface area (Å²) in [6.07, 6.45) is 0.718. The number of hydrogen-bond acceptors (Lipinski definition) is 4. The molecule has 0 spiro atoms. The Hall–Kier alpha value is -0.910. The van der Waals surface area contributed by atoms with Crippen molar-refractivity contribution in [1.82, 2.24) is 9.80 Å². The van der Waals surface area contributed by atoms with Gasteiger partial charge in [-0.2, -0.15) is 11.3 Å². The third-order valence-corrected chi connectivity index (χ3v) is 3.60. The van der Waals surface area contributed by atoms with Gasteiger partial charge in [-0.15, -0.1) is 0 Å². The van der Waals surface area contributed by atoms with Gasteiger partial charge in [-0.25, -0.2) is 0 Å². The molecule has 0 saturated heterocycles. The molecule has 0 atom stereocenters. The number of nitrogens with zero attached hydrogens (tertiary/aromatic N) is 2. The molecule has 1 amide bonds. The van der Waals surface area contributed by atoms with Crippen LogP contribution in [0.5, 0.6) is 0 Å². The van der Waals surface area contributed by atoms with E-state index in [9.17, 15) is 4.79 Å². The summed E-state index contributed by atoms with van der Waals surface area (Å²) >= 11 is 1.65. The second-order valence-electron chi connectivity index (χ2n) is 4.33. The van der Waals surface area contributed by atoms with Crippen molar-refractivity contribution in [2.75, 3.05) is 33.3 Å². The lowest BCUT2D eigenvalue weighted by Gasteiger charge is -2.23. The van der Waals surface area contributed by atoms with E-state index in [0.717, 1.165) is 19.5 Å². The summed E-state index contributed by atoms with van der Waals surface area (Å²) in [5, 5.41) is 12.9. The monoisotopic (exact) mass is 270 g/mol. The molecule has 1 rings (SSSR count). The van der Waals surface area contributed by atoms with Crippen molar-refractivity contribution >= 4 is 17.2 Å². The minimum Gasteiger partial charge on any atom is -0.396 e. The SMILES string of the molecule is CCN(CCCO)CC(=O)N(C)Cc1ccsc1. The van der Waals surface area contributed by atoms with E-state index in [1.807, 2.05) is 25.4 Å². The number of hydrogen-bond donors (Lipinski definition) is 1. The van der Waals surface area contributed by atoms with Gasteiger partial charge in [0.15, 0.2) is 0 Å². The Labute approximate surface area is 113 Å². The lowest BCUT2D eigenvalue weighted by Crippen LogP contribution is -2.38. The fraction of sp³-hybridized carbons (Fsp3) is 0.615. The third kappa shape index (κ3) is 5.16. The number of amides is 1. The van der Waals surface area contributed by atoms with Crippen LogP contribution in [0.4, 0.5) is 0 Å². The number of rotatable bonds is 8. The molecule has 0 fully saturated rings. The van der Waals surface area contributed by atoms with Crippen LogP contribution >= 0.6 is 11.3 Å². The van der Waals surface area contributed by atoms with Gasteiger partial charge in [-0.05, 0) is 35.4 Å². The number of carbonyl (C=O) groups is 1. The Morgan fingerprint density at radius 3 is 2.83 bits per heavy atom. The van der Waals surface area contributed by atoms with Crippen molar-refractivity contribution in [1.29, 1.82) is 0 Å². The first kappa shape index (κ1) is 15.1. The number of thiophene rings is 1. The molecule has 18 heavy (non-hydrogen) atoms. The van der Waals surface area contributed by atoms with Crippen LogP contribution < -0.4 is 0 Å². The van der Waals surface area contributed by atoms with Crippen molar-refractivity contribution in [3.8, 4) is 0 Å². The van der Waals surface area contributed by atoms with E-state index in [4.69, 9.17) is 5.11 Å². The van der Waals surface area contributed by atoms with E-state index in [-0.39, 0.29) is 12.5 Å². The number of likely N-dealkylation sites (N-methyl/N-ethyl adjacent to an activating group) is 2.